The summed E-state index contributed by atoms with van der Waals surface area (Å²) < 4.78 is 4.78. The molecule has 1 atom stereocenters. The van der Waals surface area contributed by atoms with Gasteiger partial charge in [-0.05, 0) is 13.8 Å². The van der Waals surface area contributed by atoms with E-state index in [0.29, 0.717) is 18.3 Å². The maximum atomic E-state index is 11.9. The predicted molar refractivity (Wildman–Crippen MR) is 65.4 cm³/mol. The van der Waals surface area contributed by atoms with Gasteiger partial charge in [0.2, 0.25) is 5.89 Å². The van der Waals surface area contributed by atoms with Crippen LogP contribution in [0.2, 0.25) is 0 Å². The number of aromatic nitrogens is 2. The number of nitrogens with one attached hydrogen (secondary N) is 1. The minimum atomic E-state index is -0.937. The molecule has 8 heteroatoms. The number of hydrogen-bond donors (Lipinski definition) is 2. The van der Waals surface area contributed by atoms with Gasteiger partial charge in [0.1, 0.15) is 0 Å². The van der Waals surface area contributed by atoms with Crippen LogP contribution in [-0.2, 0) is 11.3 Å². The van der Waals surface area contributed by atoms with Crippen LogP contribution in [0.25, 0.3) is 0 Å². The Morgan fingerprint density at radius 3 is 2.68 bits per heavy atom. The SMILES string of the molecule is CCN(C(=O)NCc1noc(C)n1)C(C)CC(=O)O. The van der Waals surface area contributed by atoms with E-state index in [4.69, 9.17) is 9.63 Å². The summed E-state index contributed by atoms with van der Waals surface area (Å²) in [4.78, 5) is 28.0. The zero-order valence-corrected chi connectivity index (χ0v) is 11.2. The van der Waals surface area contributed by atoms with E-state index in [1.54, 1.807) is 20.8 Å². The Labute approximate surface area is 110 Å². The van der Waals surface area contributed by atoms with Crippen LogP contribution >= 0.6 is 0 Å². The monoisotopic (exact) mass is 270 g/mol. The molecule has 0 aliphatic carbocycles. The first-order valence-electron chi connectivity index (χ1n) is 5.99. The van der Waals surface area contributed by atoms with Crippen LogP contribution in [0.15, 0.2) is 4.52 Å². The van der Waals surface area contributed by atoms with E-state index in [0.717, 1.165) is 0 Å². The molecule has 0 saturated heterocycles. The zero-order chi connectivity index (χ0) is 14.4. The van der Waals surface area contributed by atoms with Gasteiger partial charge in [0.15, 0.2) is 5.82 Å². The first-order valence-corrected chi connectivity index (χ1v) is 5.99. The van der Waals surface area contributed by atoms with E-state index < -0.39 is 5.97 Å². The molecule has 8 nitrogen and oxygen atoms in total. The van der Waals surface area contributed by atoms with Crippen molar-refractivity contribution in [3.63, 3.8) is 0 Å². The molecule has 19 heavy (non-hydrogen) atoms. The molecular weight excluding hydrogens is 252 g/mol. The molecular formula is C11H18N4O4. The van der Waals surface area contributed by atoms with Crippen molar-refractivity contribution in [2.45, 2.75) is 39.8 Å². The van der Waals surface area contributed by atoms with E-state index in [1.807, 2.05) is 0 Å². The molecule has 0 radical (unpaired) electrons. The van der Waals surface area contributed by atoms with Crippen molar-refractivity contribution in [1.82, 2.24) is 20.4 Å². The van der Waals surface area contributed by atoms with Gasteiger partial charge in [-0.2, -0.15) is 4.98 Å². The fraction of sp³-hybridized carbons (Fsp3) is 0.636. The highest BCUT2D eigenvalue weighted by Gasteiger charge is 2.20. The Kier molecular flexibility index (Phi) is 5.28. The van der Waals surface area contributed by atoms with Crippen LogP contribution in [0.3, 0.4) is 0 Å². The lowest BCUT2D eigenvalue weighted by atomic mass is 10.2. The number of urea groups is 1. The van der Waals surface area contributed by atoms with Crippen molar-refractivity contribution >= 4 is 12.0 Å². The summed E-state index contributed by atoms with van der Waals surface area (Å²) in [5, 5.41) is 15.0. The first-order chi connectivity index (χ1) is 8.93. The summed E-state index contributed by atoms with van der Waals surface area (Å²) in [6.07, 6.45) is -0.0947. The summed E-state index contributed by atoms with van der Waals surface area (Å²) in [5.41, 5.74) is 0. The second kappa shape index (κ2) is 6.72. The molecule has 0 aliphatic heterocycles. The third-order valence-corrected chi connectivity index (χ3v) is 2.57. The first kappa shape index (κ1) is 14.9. The van der Waals surface area contributed by atoms with Gasteiger partial charge in [-0.3, -0.25) is 4.79 Å². The fourth-order valence-corrected chi connectivity index (χ4v) is 1.69. The number of aliphatic carboxylic acids is 1. The topological polar surface area (TPSA) is 109 Å². The summed E-state index contributed by atoms with van der Waals surface area (Å²) in [5.74, 6) is -0.129. The molecule has 0 fully saturated rings. The quantitative estimate of drug-likeness (QED) is 0.790. The number of carboxylic acid groups (broad SMARTS) is 1. The molecule has 1 aromatic rings. The van der Waals surface area contributed by atoms with Crippen LogP contribution in [0, 0.1) is 6.92 Å². The lowest BCUT2D eigenvalue weighted by Gasteiger charge is -2.26. The van der Waals surface area contributed by atoms with Crippen molar-refractivity contribution in [1.29, 1.82) is 0 Å². The smallest absolute Gasteiger partial charge is 0.318 e. The van der Waals surface area contributed by atoms with Gasteiger partial charge in [0.25, 0.3) is 0 Å². The van der Waals surface area contributed by atoms with Crippen LogP contribution < -0.4 is 5.32 Å². The highest BCUT2D eigenvalue weighted by molar-refractivity contribution is 5.75. The van der Waals surface area contributed by atoms with Gasteiger partial charge < -0.3 is 19.8 Å². The predicted octanol–water partition coefficient (Wildman–Crippen LogP) is 0.773. The second-order valence-electron chi connectivity index (χ2n) is 4.12. The Hall–Kier alpha value is -2.12. The Morgan fingerprint density at radius 2 is 2.21 bits per heavy atom. The highest BCUT2D eigenvalue weighted by atomic mass is 16.5. The van der Waals surface area contributed by atoms with Crippen LogP contribution in [-0.4, -0.2) is 44.7 Å². The minimum Gasteiger partial charge on any atom is -0.481 e. The van der Waals surface area contributed by atoms with Gasteiger partial charge in [0, 0.05) is 19.5 Å². The summed E-state index contributed by atoms with van der Waals surface area (Å²) >= 11 is 0. The molecule has 1 rings (SSSR count). The minimum absolute atomic E-state index is 0.0947. The maximum Gasteiger partial charge on any atom is 0.318 e. The molecule has 0 saturated carbocycles. The number of rotatable bonds is 6. The van der Waals surface area contributed by atoms with E-state index in [9.17, 15) is 9.59 Å². The number of carboxylic acids is 1. The molecule has 1 unspecified atom stereocenters. The molecule has 2 N–H and O–H groups in total. The van der Waals surface area contributed by atoms with E-state index in [2.05, 4.69) is 15.5 Å². The number of aryl methyl sites for hydroxylation is 1. The molecule has 1 heterocycles. The van der Waals surface area contributed by atoms with Gasteiger partial charge in [0.05, 0.1) is 13.0 Å². The Bertz CT molecular complexity index is 446. The average Bonchev–Trinajstić information content (AvgIpc) is 2.72. The molecule has 0 spiro atoms. The second-order valence-corrected chi connectivity index (χ2v) is 4.12. The number of carbonyl (C=O) groups excluding carboxylic acids is 1. The van der Waals surface area contributed by atoms with Crippen molar-refractivity contribution < 1.29 is 19.2 Å². The number of nitrogens with zero attached hydrogens (tertiary/aromatic N) is 3. The van der Waals surface area contributed by atoms with Crippen molar-refractivity contribution in [2.24, 2.45) is 0 Å². The van der Waals surface area contributed by atoms with Gasteiger partial charge >= 0.3 is 12.0 Å². The molecule has 0 aromatic carbocycles. The molecule has 0 bridgehead atoms. The van der Waals surface area contributed by atoms with Crippen LogP contribution in [0.1, 0.15) is 32.0 Å². The maximum absolute atomic E-state index is 11.9. The largest absolute Gasteiger partial charge is 0.481 e. The van der Waals surface area contributed by atoms with Gasteiger partial charge in [-0.1, -0.05) is 5.16 Å². The van der Waals surface area contributed by atoms with Crippen molar-refractivity contribution in [3.8, 4) is 0 Å². The average molecular weight is 270 g/mol. The Balaban J connectivity index is 2.51. The fourth-order valence-electron chi connectivity index (χ4n) is 1.69. The molecule has 2 amide bonds. The lowest BCUT2D eigenvalue weighted by molar-refractivity contribution is -0.138. The lowest BCUT2D eigenvalue weighted by Crippen LogP contribution is -2.45. The van der Waals surface area contributed by atoms with Crippen molar-refractivity contribution in [3.05, 3.63) is 11.7 Å². The summed E-state index contributed by atoms with van der Waals surface area (Å²) in [6.45, 7) is 5.70. The van der Waals surface area contributed by atoms with Gasteiger partial charge in [-0.15, -0.1) is 0 Å². The number of hydrogen-bond acceptors (Lipinski definition) is 5. The zero-order valence-electron chi connectivity index (χ0n) is 11.2. The van der Waals surface area contributed by atoms with E-state index in [1.165, 1.54) is 4.90 Å². The number of carbonyl (C=O) groups is 2. The normalized spacial score (nSPS) is 11.9. The highest BCUT2D eigenvalue weighted by Crippen LogP contribution is 2.04. The molecule has 106 valence electrons. The standard InChI is InChI=1S/C11H18N4O4/c1-4-15(7(2)5-10(16)17)11(18)12-6-9-13-8(3)19-14-9/h7H,4-6H2,1-3H3,(H,12,18)(H,16,17). The van der Waals surface area contributed by atoms with Crippen LogP contribution in [0.4, 0.5) is 4.79 Å². The summed E-state index contributed by atoms with van der Waals surface area (Å²) in [7, 11) is 0. The van der Waals surface area contributed by atoms with Gasteiger partial charge in [-0.25, -0.2) is 4.79 Å². The van der Waals surface area contributed by atoms with E-state index >= 15 is 0 Å². The van der Waals surface area contributed by atoms with Crippen LogP contribution in [0.5, 0.6) is 0 Å². The van der Waals surface area contributed by atoms with Crippen molar-refractivity contribution in [2.75, 3.05) is 6.54 Å². The summed E-state index contributed by atoms with van der Waals surface area (Å²) in [6, 6.07) is -0.729. The Morgan fingerprint density at radius 1 is 1.53 bits per heavy atom. The number of amides is 2. The molecule has 1 aromatic heterocycles. The third kappa shape index (κ3) is 4.57. The third-order valence-electron chi connectivity index (χ3n) is 2.57. The molecule has 0 aliphatic rings. The van der Waals surface area contributed by atoms with E-state index in [-0.39, 0.29) is 25.0 Å².